The van der Waals surface area contributed by atoms with Crippen molar-refractivity contribution in [3.05, 3.63) is 89.6 Å². The molecule has 0 amide bonds. The highest BCUT2D eigenvalue weighted by atomic mass is 14.7. The smallest absolute Gasteiger partial charge is 0.0786 e. The standard InChI is InChI=1S/C19H13N/c1-2-7-14(8-3-1)13-18-15-9-4-5-10-16(15)19-17(18)11-6-12-20-19/h1-13H. The first-order valence-electron chi connectivity index (χ1n) is 6.75. The van der Waals surface area contributed by atoms with Crippen molar-refractivity contribution in [2.24, 2.45) is 0 Å². The molecule has 94 valence electrons. The molecule has 0 saturated heterocycles. The number of hydrogen-bond donors (Lipinski definition) is 0. The van der Waals surface area contributed by atoms with Gasteiger partial charge in [0.25, 0.3) is 0 Å². The fourth-order valence-electron chi connectivity index (χ4n) is 2.78. The highest BCUT2D eigenvalue weighted by molar-refractivity contribution is 6.05. The third kappa shape index (κ3) is 1.68. The van der Waals surface area contributed by atoms with Crippen LogP contribution in [0, 0.1) is 0 Å². The largest absolute Gasteiger partial charge is 0.256 e. The van der Waals surface area contributed by atoms with E-state index in [0.717, 1.165) is 5.69 Å². The summed E-state index contributed by atoms with van der Waals surface area (Å²) in [6, 6.07) is 23.1. The van der Waals surface area contributed by atoms with Crippen LogP contribution in [0.1, 0.15) is 16.7 Å². The zero-order valence-corrected chi connectivity index (χ0v) is 11.0. The first-order chi connectivity index (χ1) is 9.93. The van der Waals surface area contributed by atoms with Crippen LogP contribution in [0.3, 0.4) is 0 Å². The molecule has 1 heteroatoms. The Bertz CT molecular complexity index is 753. The summed E-state index contributed by atoms with van der Waals surface area (Å²) in [6.07, 6.45) is 4.10. The Kier molecular flexibility index (Phi) is 2.49. The number of aromatic nitrogens is 1. The van der Waals surface area contributed by atoms with Crippen molar-refractivity contribution in [1.29, 1.82) is 0 Å². The second-order valence-corrected chi connectivity index (χ2v) is 4.91. The predicted octanol–water partition coefficient (Wildman–Crippen LogP) is 4.65. The fourth-order valence-corrected chi connectivity index (χ4v) is 2.78. The molecule has 0 unspecified atom stereocenters. The van der Waals surface area contributed by atoms with E-state index in [2.05, 4.69) is 65.7 Å². The zero-order chi connectivity index (χ0) is 13.4. The first-order valence-corrected chi connectivity index (χ1v) is 6.75. The summed E-state index contributed by atoms with van der Waals surface area (Å²) in [5.74, 6) is 0. The second-order valence-electron chi connectivity index (χ2n) is 4.91. The number of fused-ring (bicyclic) bond motifs is 3. The number of pyridine rings is 1. The Morgan fingerprint density at radius 1 is 0.650 bits per heavy atom. The Hall–Kier alpha value is -2.67. The van der Waals surface area contributed by atoms with Crippen LogP contribution >= 0.6 is 0 Å². The molecule has 20 heavy (non-hydrogen) atoms. The summed E-state index contributed by atoms with van der Waals surface area (Å²) in [4.78, 5) is 4.55. The lowest BCUT2D eigenvalue weighted by Crippen LogP contribution is -1.82. The molecule has 4 rings (SSSR count). The lowest BCUT2D eigenvalue weighted by Gasteiger charge is -2.02. The maximum Gasteiger partial charge on any atom is 0.0786 e. The predicted molar refractivity (Wildman–Crippen MR) is 83.1 cm³/mol. The monoisotopic (exact) mass is 255 g/mol. The molecule has 0 N–H and O–H groups in total. The van der Waals surface area contributed by atoms with E-state index in [-0.39, 0.29) is 0 Å². The second kappa shape index (κ2) is 4.46. The molecule has 1 nitrogen and oxygen atoms in total. The fraction of sp³-hybridized carbons (Fsp3) is 0. The normalized spacial score (nSPS) is 14.1. The molecule has 3 aromatic rings. The summed E-state index contributed by atoms with van der Waals surface area (Å²) in [7, 11) is 0. The van der Waals surface area contributed by atoms with Gasteiger partial charge in [0, 0.05) is 17.3 Å². The molecule has 0 radical (unpaired) electrons. The maximum atomic E-state index is 4.55. The van der Waals surface area contributed by atoms with Crippen molar-refractivity contribution >= 4 is 11.6 Å². The lowest BCUT2D eigenvalue weighted by molar-refractivity contribution is 1.33. The zero-order valence-electron chi connectivity index (χ0n) is 11.0. The average Bonchev–Trinajstić information content (AvgIpc) is 2.84. The maximum absolute atomic E-state index is 4.55. The molecule has 1 aromatic heterocycles. The van der Waals surface area contributed by atoms with Gasteiger partial charge in [-0.15, -0.1) is 0 Å². The number of rotatable bonds is 1. The summed E-state index contributed by atoms with van der Waals surface area (Å²) in [6.45, 7) is 0. The number of hydrogen-bond acceptors (Lipinski definition) is 1. The topological polar surface area (TPSA) is 12.9 Å². The molecule has 0 saturated carbocycles. The minimum absolute atomic E-state index is 1.09. The summed E-state index contributed by atoms with van der Waals surface area (Å²) in [5.41, 5.74) is 7.28. The van der Waals surface area contributed by atoms with Crippen molar-refractivity contribution in [2.75, 3.05) is 0 Å². The minimum Gasteiger partial charge on any atom is -0.256 e. The van der Waals surface area contributed by atoms with Crippen LogP contribution in [-0.4, -0.2) is 4.98 Å². The minimum atomic E-state index is 1.09. The molecule has 0 aliphatic heterocycles. The molecular formula is C19H13N. The molecule has 2 aromatic carbocycles. The Morgan fingerprint density at radius 3 is 2.20 bits per heavy atom. The van der Waals surface area contributed by atoms with E-state index >= 15 is 0 Å². The molecule has 1 aliphatic carbocycles. The lowest BCUT2D eigenvalue weighted by atomic mass is 10.0. The van der Waals surface area contributed by atoms with Gasteiger partial charge >= 0.3 is 0 Å². The van der Waals surface area contributed by atoms with Crippen LogP contribution in [0.15, 0.2) is 72.9 Å². The average molecular weight is 255 g/mol. The van der Waals surface area contributed by atoms with Gasteiger partial charge in [-0.3, -0.25) is 4.98 Å². The van der Waals surface area contributed by atoms with Crippen molar-refractivity contribution in [1.82, 2.24) is 4.98 Å². The van der Waals surface area contributed by atoms with Crippen LogP contribution in [0.25, 0.3) is 22.9 Å². The highest BCUT2D eigenvalue weighted by Gasteiger charge is 2.23. The van der Waals surface area contributed by atoms with Gasteiger partial charge in [-0.2, -0.15) is 0 Å². The van der Waals surface area contributed by atoms with Crippen molar-refractivity contribution in [2.45, 2.75) is 0 Å². The van der Waals surface area contributed by atoms with Crippen molar-refractivity contribution in [3.63, 3.8) is 0 Å². The molecule has 1 aliphatic rings. The van der Waals surface area contributed by atoms with E-state index in [9.17, 15) is 0 Å². The third-order valence-electron chi connectivity index (χ3n) is 3.68. The van der Waals surface area contributed by atoms with E-state index in [0.29, 0.717) is 0 Å². The van der Waals surface area contributed by atoms with Crippen LogP contribution in [0.5, 0.6) is 0 Å². The Morgan fingerprint density at radius 2 is 1.35 bits per heavy atom. The van der Waals surface area contributed by atoms with Gasteiger partial charge in [0.05, 0.1) is 5.69 Å². The van der Waals surface area contributed by atoms with Crippen LogP contribution in [-0.2, 0) is 0 Å². The number of nitrogens with zero attached hydrogens (tertiary/aromatic N) is 1. The van der Waals surface area contributed by atoms with Crippen LogP contribution in [0.4, 0.5) is 0 Å². The Labute approximate surface area is 118 Å². The number of benzene rings is 2. The SMILES string of the molecule is C(=C1c2ccccc2-c2ncccc21)c1ccccc1. The molecule has 1 heterocycles. The van der Waals surface area contributed by atoms with Gasteiger partial charge in [-0.05, 0) is 28.8 Å². The van der Waals surface area contributed by atoms with Crippen molar-refractivity contribution < 1.29 is 0 Å². The van der Waals surface area contributed by atoms with Gasteiger partial charge < -0.3 is 0 Å². The molecule has 0 spiro atoms. The molecule has 0 bridgehead atoms. The van der Waals surface area contributed by atoms with Gasteiger partial charge in [0.1, 0.15) is 0 Å². The van der Waals surface area contributed by atoms with E-state index < -0.39 is 0 Å². The van der Waals surface area contributed by atoms with Crippen molar-refractivity contribution in [3.8, 4) is 11.3 Å². The van der Waals surface area contributed by atoms with E-state index in [1.54, 1.807) is 0 Å². The van der Waals surface area contributed by atoms with Gasteiger partial charge in [-0.25, -0.2) is 0 Å². The summed E-state index contributed by atoms with van der Waals surface area (Å²) in [5, 5.41) is 0. The quantitative estimate of drug-likeness (QED) is 0.482. The molecular weight excluding hydrogens is 242 g/mol. The molecule has 0 atom stereocenters. The van der Waals surface area contributed by atoms with Gasteiger partial charge in [-0.1, -0.05) is 60.7 Å². The first kappa shape index (κ1) is 11.2. The van der Waals surface area contributed by atoms with E-state index in [1.807, 2.05) is 18.3 Å². The summed E-state index contributed by atoms with van der Waals surface area (Å²) >= 11 is 0. The Balaban J connectivity index is 1.99. The van der Waals surface area contributed by atoms with E-state index in [1.165, 1.54) is 27.8 Å². The van der Waals surface area contributed by atoms with Gasteiger partial charge in [0.15, 0.2) is 0 Å². The van der Waals surface area contributed by atoms with Gasteiger partial charge in [0.2, 0.25) is 0 Å². The summed E-state index contributed by atoms with van der Waals surface area (Å²) < 4.78 is 0. The van der Waals surface area contributed by atoms with E-state index in [4.69, 9.17) is 0 Å². The molecule has 0 fully saturated rings. The van der Waals surface area contributed by atoms with Crippen LogP contribution < -0.4 is 0 Å². The van der Waals surface area contributed by atoms with Crippen LogP contribution in [0.2, 0.25) is 0 Å². The highest BCUT2D eigenvalue weighted by Crippen LogP contribution is 2.43. The third-order valence-corrected chi connectivity index (χ3v) is 3.68.